The lowest BCUT2D eigenvalue weighted by atomic mass is 10.3. The Morgan fingerprint density at radius 3 is 2.60 bits per heavy atom. The smallest absolute Gasteiger partial charge is 0.225 e. The summed E-state index contributed by atoms with van der Waals surface area (Å²) in [5.74, 6) is -0.189. The number of hydrogen-bond donors (Lipinski definition) is 1. The molecule has 0 atom stereocenters. The first-order valence-electron chi connectivity index (χ1n) is 6.39. The molecule has 1 N–H and O–H groups in total. The predicted octanol–water partition coefficient (Wildman–Crippen LogP) is 2.20. The summed E-state index contributed by atoms with van der Waals surface area (Å²) in [6, 6.07) is 7.40. The largest absolute Gasteiger partial charge is 0.325 e. The van der Waals surface area contributed by atoms with Crippen molar-refractivity contribution in [2.24, 2.45) is 0 Å². The van der Waals surface area contributed by atoms with Gasteiger partial charge in [0.2, 0.25) is 15.9 Å². The van der Waals surface area contributed by atoms with Crippen LogP contribution in [0.1, 0.15) is 19.3 Å². The highest BCUT2D eigenvalue weighted by molar-refractivity contribution is 9.10. The second-order valence-corrected chi connectivity index (χ2v) is 7.67. The van der Waals surface area contributed by atoms with Crippen molar-refractivity contribution in [1.82, 2.24) is 4.31 Å². The Balaban J connectivity index is 1.90. The fourth-order valence-electron chi connectivity index (χ4n) is 1.97. The molecule has 0 bridgehead atoms. The highest BCUT2D eigenvalue weighted by Gasteiger charge is 2.34. The Morgan fingerprint density at radius 1 is 1.40 bits per heavy atom. The molecule has 1 aliphatic carbocycles. The van der Waals surface area contributed by atoms with Gasteiger partial charge in [0, 0.05) is 23.5 Å². The SMILES string of the molecule is CS(=O)(=O)N(CCC(=O)Nc1ccccc1Br)C1CC1. The summed E-state index contributed by atoms with van der Waals surface area (Å²) in [7, 11) is -3.23. The zero-order chi connectivity index (χ0) is 14.8. The van der Waals surface area contributed by atoms with E-state index in [0.717, 1.165) is 17.3 Å². The molecule has 1 aromatic rings. The number of benzene rings is 1. The molecule has 0 spiro atoms. The van der Waals surface area contributed by atoms with E-state index in [1.807, 2.05) is 18.2 Å². The topological polar surface area (TPSA) is 66.5 Å². The standard InChI is InChI=1S/C13H17BrN2O3S/c1-20(18,19)16(10-6-7-10)9-8-13(17)15-12-5-3-2-4-11(12)14/h2-5,10H,6-9H2,1H3,(H,15,17). The molecule has 1 fully saturated rings. The van der Waals surface area contributed by atoms with Gasteiger partial charge in [0.25, 0.3) is 0 Å². The van der Waals surface area contributed by atoms with Crippen LogP contribution in [0.2, 0.25) is 0 Å². The third kappa shape index (κ3) is 4.29. The van der Waals surface area contributed by atoms with Crippen LogP contribution in [-0.2, 0) is 14.8 Å². The van der Waals surface area contributed by atoms with Crippen molar-refractivity contribution in [3.63, 3.8) is 0 Å². The van der Waals surface area contributed by atoms with Gasteiger partial charge in [-0.3, -0.25) is 4.79 Å². The molecule has 110 valence electrons. The highest BCUT2D eigenvalue weighted by atomic mass is 79.9. The molecule has 1 saturated carbocycles. The minimum atomic E-state index is -3.23. The van der Waals surface area contributed by atoms with E-state index in [2.05, 4.69) is 21.2 Å². The van der Waals surface area contributed by atoms with Crippen LogP contribution in [0, 0.1) is 0 Å². The van der Waals surface area contributed by atoms with Crippen LogP contribution in [-0.4, -0.2) is 37.5 Å². The van der Waals surface area contributed by atoms with Crippen molar-refractivity contribution in [1.29, 1.82) is 0 Å². The van der Waals surface area contributed by atoms with Gasteiger partial charge < -0.3 is 5.32 Å². The molecule has 0 saturated heterocycles. The van der Waals surface area contributed by atoms with Gasteiger partial charge in [-0.25, -0.2) is 8.42 Å². The van der Waals surface area contributed by atoms with Crippen molar-refractivity contribution in [3.8, 4) is 0 Å². The van der Waals surface area contributed by atoms with Gasteiger partial charge in [0.05, 0.1) is 11.9 Å². The van der Waals surface area contributed by atoms with Crippen LogP contribution >= 0.6 is 15.9 Å². The van der Waals surface area contributed by atoms with Crippen LogP contribution in [0.15, 0.2) is 28.7 Å². The first-order chi connectivity index (χ1) is 9.38. The number of halogens is 1. The maximum absolute atomic E-state index is 11.9. The van der Waals surface area contributed by atoms with Crippen LogP contribution < -0.4 is 5.32 Å². The Morgan fingerprint density at radius 2 is 2.05 bits per heavy atom. The van der Waals surface area contributed by atoms with Crippen molar-refractivity contribution < 1.29 is 13.2 Å². The summed E-state index contributed by atoms with van der Waals surface area (Å²) in [6.07, 6.45) is 3.12. The zero-order valence-corrected chi connectivity index (χ0v) is 13.6. The summed E-state index contributed by atoms with van der Waals surface area (Å²) < 4.78 is 25.5. The van der Waals surface area contributed by atoms with Crippen LogP contribution in [0.3, 0.4) is 0 Å². The number of carbonyl (C=O) groups excluding carboxylic acids is 1. The fourth-order valence-corrected chi connectivity index (χ4v) is 3.53. The monoisotopic (exact) mass is 360 g/mol. The van der Waals surface area contributed by atoms with Gasteiger partial charge in [-0.05, 0) is 40.9 Å². The quantitative estimate of drug-likeness (QED) is 0.845. The summed E-state index contributed by atoms with van der Waals surface area (Å²) in [6.45, 7) is 0.236. The summed E-state index contributed by atoms with van der Waals surface area (Å²) >= 11 is 3.35. The summed E-state index contributed by atoms with van der Waals surface area (Å²) in [5, 5.41) is 2.77. The fraction of sp³-hybridized carbons (Fsp3) is 0.462. The summed E-state index contributed by atoms with van der Waals surface area (Å²) in [5.41, 5.74) is 0.690. The molecule has 0 radical (unpaired) electrons. The molecule has 1 amide bonds. The van der Waals surface area contributed by atoms with Crippen molar-refractivity contribution in [2.45, 2.75) is 25.3 Å². The maximum Gasteiger partial charge on any atom is 0.225 e. The van der Waals surface area contributed by atoms with E-state index >= 15 is 0 Å². The molecule has 5 nitrogen and oxygen atoms in total. The Kier molecular flexibility index (Phi) is 4.82. The number of anilines is 1. The van der Waals surface area contributed by atoms with E-state index < -0.39 is 10.0 Å². The first-order valence-corrected chi connectivity index (χ1v) is 9.03. The molecule has 2 rings (SSSR count). The normalized spacial score (nSPS) is 15.3. The van der Waals surface area contributed by atoms with E-state index in [1.54, 1.807) is 6.07 Å². The number of hydrogen-bond acceptors (Lipinski definition) is 3. The predicted molar refractivity (Wildman–Crippen MR) is 82.0 cm³/mol. The lowest BCUT2D eigenvalue weighted by Crippen LogP contribution is -2.34. The second-order valence-electron chi connectivity index (χ2n) is 4.88. The number of nitrogens with one attached hydrogen (secondary N) is 1. The molecule has 0 heterocycles. The Bertz CT molecular complexity index is 599. The number of sulfonamides is 1. The van der Waals surface area contributed by atoms with Gasteiger partial charge in [-0.15, -0.1) is 0 Å². The van der Waals surface area contributed by atoms with Crippen LogP contribution in [0.25, 0.3) is 0 Å². The van der Waals surface area contributed by atoms with Gasteiger partial charge >= 0.3 is 0 Å². The second kappa shape index (κ2) is 6.24. The minimum Gasteiger partial charge on any atom is -0.325 e. The summed E-state index contributed by atoms with van der Waals surface area (Å²) in [4.78, 5) is 11.9. The van der Waals surface area contributed by atoms with Gasteiger partial charge in [-0.1, -0.05) is 12.1 Å². The number of para-hydroxylation sites is 1. The van der Waals surface area contributed by atoms with Crippen LogP contribution in [0.4, 0.5) is 5.69 Å². The lowest BCUT2D eigenvalue weighted by molar-refractivity contribution is -0.116. The molecule has 0 unspecified atom stereocenters. The minimum absolute atomic E-state index is 0.0845. The van der Waals surface area contributed by atoms with E-state index in [4.69, 9.17) is 0 Å². The molecule has 7 heteroatoms. The lowest BCUT2D eigenvalue weighted by Gasteiger charge is -2.19. The number of amides is 1. The van der Waals surface area contributed by atoms with Crippen molar-refractivity contribution in [2.75, 3.05) is 18.1 Å². The van der Waals surface area contributed by atoms with Gasteiger partial charge in [-0.2, -0.15) is 4.31 Å². The van der Waals surface area contributed by atoms with E-state index in [0.29, 0.717) is 5.69 Å². The Hall–Kier alpha value is -0.920. The molecule has 0 aliphatic heterocycles. The average molecular weight is 361 g/mol. The number of nitrogens with zero attached hydrogens (tertiary/aromatic N) is 1. The highest BCUT2D eigenvalue weighted by Crippen LogP contribution is 2.29. The van der Waals surface area contributed by atoms with E-state index in [9.17, 15) is 13.2 Å². The van der Waals surface area contributed by atoms with Crippen molar-refractivity contribution in [3.05, 3.63) is 28.7 Å². The average Bonchev–Trinajstić information content (AvgIpc) is 3.15. The molecule has 1 aromatic carbocycles. The number of rotatable bonds is 6. The van der Waals surface area contributed by atoms with E-state index in [-0.39, 0.29) is 24.9 Å². The third-order valence-corrected chi connectivity index (χ3v) is 5.11. The molecule has 0 aromatic heterocycles. The zero-order valence-electron chi connectivity index (χ0n) is 11.2. The molecular weight excluding hydrogens is 344 g/mol. The van der Waals surface area contributed by atoms with Gasteiger partial charge in [0.1, 0.15) is 0 Å². The van der Waals surface area contributed by atoms with Gasteiger partial charge in [0.15, 0.2) is 0 Å². The third-order valence-electron chi connectivity index (χ3n) is 3.09. The first kappa shape index (κ1) is 15.5. The van der Waals surface area contributed by atoms with Crippen LogP contribution in [0.5, 0.6) is 0 Å². The number of carbonyl (C=O) groups is 1. The van der Waals surface area contributed by atoms with E-state index in [1.165, 1.54) is 10.6 Å². The Labute approximate surface area is 127 Å². The molecule has 20 heavy (non-hydrogen) atoms. The van der Waals surface area contributed by atoms with Crippen molar-refractivity contribution >= 4 is 37.5 Å². The molecule has 1 aliphatic rings. The molecular formula is C13H17BrN2O3S. The maximum atomic E-state index is 11.9.